The standard InChI is InChI=1S/C25H26F2N2O6/c1-34-20(22(30)29-12-19-21(23(31)32)25(19,26)27)10-11-28-24(33)35-13-18-16-8-4-2-6-14(16)15-7-3-5-9-17(15)18/h2-9,18-21H,10-13H2,1H3,(H,28,33)(H,29,30)(H,31,32). The highest BCUT2D eigenvalue weighted by molar-refractivity contribution is 5.82. The minimum Gasteiger partial charge on any atom is -0.481 e. The first-order valence-electron chi connectivity index (χ1n) is 11.3. The number of carbonyl (C=O) groups excluding carboxylic acids is 2. The van der Waals surface area contributed by atoms with Gasteiger partial charge < -0.3 is 25.2 Å². The first kappa shape index (κ1) is 24.6. The second-order valence-electron chi connectivity index (χ2n) is 8.61. The van der Waals surface area contributed by atoms with Crippen LogP contribution in [0.2, 0.25) is 0 Å². The topological polar surface area (TPSA) is 114 Å². The average Bonchev–Trinajstić information content (AvgIpc) is 3.26. The minimum absolute atomic E-state index is 0.0555. The smallest absolute Gasteiger partial charge is 0.407 e. The number of alkyl carbamates (subject to hydrolysis) is 1. The molecule has 0 heterocycles. The highest BCUT2D eigenvalue weighted by atomic mass is 19.3. The van der Waals surface area contributed by atoms with Crippen molar-refractivity contribution in [3.63, 3.8) is 0 Å². The van der Waals surface area contributed by atoms with Crippen LogP contribution in [0.4, 0.5) is 13.6 Å². The summed E-state index contributed by atoms with van der Waals surface area (Å²) in [5.74, 6) is -8.91. The summed E-state index contributed by atoms with van der Waals surface area (Å²) < 4.78 is 37.4. The van der Waals surface area contributed by atoms with Crippen LogP contribution in [0, 0.1) is 11.8 Å². The number of benzene rings is 2. The van der Waals surface area contributed by atoms with Crippen LogP contribution < -0.4 is 10.6 Å². The maximum Gasteiger partial charge on any atom is 0.407 e. The Morgan fingerprint density at radius 3 is 2.17 bits per heavy atom. The van der Waals surface area contributed by atoms with E-state index < -0.39 is 48.4 Å². The van der Waals surface area contributed by atoms with E-state index in [1.807, 2.05) is 48.5 Å². The highest BCUT2D eigenvalue weighted by Gasteiger charge is 2.72. The molecule has 0 aliphatic heterocycles. The van der Waals surface area contributed by atoms with E-state index in [1.165, 1.54) is 7.11 Å². The Kier molecular flexibility index (Phi) is 7.02. The first-order valence-corrected chi connectivity index (χ1v) is 11.3. The summed E-state index contributed by atoms with van der Waals surface area (Å²) in [6.07, 6.45) is -1.57. The van der Waals surface area contributed by atoms with Crippen LogP contribution in [-0.2, 0) is 19.1 Å². The van der Waals surface area contributed by atoms with Crippen molar-refractivity contribution < 1.29 is 37.7 Å². The molecule has 1 saturated carbocycles. The van der Waals surface area contributed by atoms with Gasteiger partial charge in [0.1, 0.15) is 18.6 Å². The number of halogens is 2. The molecule has 4 rings (SSSR count). The quantitative estimate of drug-likeness (QED) is 0.474. The van der Waals surface area contributed by atoms with E-state index in [1.54, 1.807) is 0 Å². The summed E-state index contributed by atoms with van der Waals surface area (Å²) in [5.41, 5.74) is 4.40. The van der Waals surface area contributed by atoms with Gasteiger partial charge in [-0.2, -0.15) is 0 Å². The molecule has 2 aliphatic rings. The molecule has 2 aliphatic carbocycles. The Balaban J connectivity index is 1.22. The number of alkyl halides is 2. The number of hydrogen-bond donors (Lipinski definition) is 3. The predicted molar refractivity (Wildman–Crippen MR) is 121 cm³/mol. The summed E-state index contributed by atoms with van der Waals surface area (Å²) in [5, 5.41) is 13.7. The zero-order chi connectivity index (χ0) is 25.2. The van der Waals surface area contributed by atoms with Crippen LogP contribution in [0.1, 0.15) is 23.5 Å². The number of carbonyl (C=O) groups is 3. The van der Waals surface area contributed by atoms with Crippen LogP contribution in [0.25, 0.3) is 11.1 Å². The molecule has 2 aromatic carbocycles. The average molecular weight is 488 g/mol. The number of methoxy groups -OCH3 is 1. The molecular weight excluding hydrogens is 462 g/mol. The number of hydrogen-bond acceptors (Lipinski definition) is 5. The molecule has 1 fully saturated rings. The van der Waals surface area contributed by atoms with Crippen LogP contribution in [0.5, 0.6) is 0 Å². The van der Waals surface area contributed by atoms with Crippen molar-refractivity contribution in [2.24, 2.45) is 11.8 Å². The van der Waals surface area contributed by atoms with E-state index in [0.717, 1.165) is 22.3 Å². The Morgan fingerprint density at radius 2 is 1.63 bits per heavy atom. The second kappa shape index (κ2) is 9.99. The highest BCUT2D eigenvalue weighted by Crippen LogP contribution is 2.54. The van der Waals surface area contributed by atoms with Crippen molar-refractivity contribution in [2.45, 2.75) is 24.4 Å². The van der Waals surface area contributed by atoms with Crippen LogP contribution in [-0.4, -0.2) is 61.9 Å². The van der Waals surface area contributed by atoms with Crippen LogP contribution >= 0.6 is 0 Å². The third-order valence-corrected chi connectivity index (χ3v) is 6.56. The molecule has 3 N–H and O–H groups in total. The number of amides is 2. The molecule has 0 spiro atoms. The Hall–Kier alpha value is -3.53. The Morgan fingerprint density at radius 1 is 1.03 bits per heavy atom. The minimum atomic E-state index is -3.34. The largest absolute Gasteiger partial charge is 0.481 e. The molecule has 3 atom stereocenters. The summed E-state index contributed by atoms with van der Waals surface area (Å²) >= 11 is 0. The van der Waals surface area contributed by atoms with Gasteiger partial charge in [-0.3, -0.25) is 9.59 Å². The molecule has 0 bridgehead atoms. The molecule has 2 aromatic rings. The monoisotopic (exact) mass is 488 g/mol. The van der Waals surface area contributed by atoms with Gasteiger partial charge in [0, 0.05) is 32.5 Å². The van der Waals surface area contributed by atoms with Crippen molar-refractivity contribution in [3.05, 3.63) is 59.7 Å². The van der Waals surface area contributed by atoms with Gasteiger partial charge in [-0.1, -0.05) is 48.5 Å². The normalized spacial score (nSPS) is 20.3. The predicted octanol–water partition coefficient (Wildman–Crippen LogP) is 3.01. The van der Waals surface area contributed by atoms with E-state index in [2.05, 4.69) is 10.6 Å². The molecule has 35 heavy (non-hydrogen) atoms. The lowest BCUT2D eigenvalue weighted by atomic mass is 9.98. The molecule has 8 nitrogen and oxygen atoms in total. The van der Waals surface area contributed by atoms with Crippen molar-refractivity contribution in [2.75, 3.05) is 26.8 Å². The Bertz CT molecular complexity index is 1080. The molecule has 3 unspecified atom stereocenters. The third-order valence-electron chi connectivity index (χ3n) is 6.56. The van der Waals surface area contributed by atoms with Crippen molar-refractivity contribution in [1.29, 1.82) is 0 Å². The van der Waals surface area contributed by atoms with Gasteiger partial charge in [-0.25, -0.2) is 13.6 Å². The SMILES string of the molecule is COC(CCNC(=O)OCC1c2ccccc2-c2ccccc21)C(=O)NCC1C(C(=O)O)C1(F)F. The van der Waals surface area contributed by atoms with Gasteiger partial charge >= 0.3 is 12.1 Å². The van der Waals surface area contributed by atoms with Crippen molar-refractivity contribution in [1.82, 2.24) is 10.6 Å². The Labute approximate surface area is 200 Å². The number of aliphatic carboxylic acids is 1. The van der Waals surface area contributed by atoms with Crippen LogP contribution in [0.15, 0.2) is 48.5 Å². The maximum absolute atomic E-state index is 13.5. The fraction of sp³-hybridized carbons (Fsp3) is 0.400. The third kappa shape index (κ3) is 4.97. The molecule has 0 saturated heterocycles. The maximum atomic E-state index is 13.5. The number of carboxylic acid groups (broad SMARTS) is 1. The number of ether oxygens (including phenoxy) is 2. The van der Waals surface area contributed by atoms with E-state index in [0.29, 0.717) is 0 Å². The van der Waals surface area contributed by atoms with Gasteiger partial charge in [-0.05, 0) is 22.3 Å². The number of nitrogens with one attached hydrogen (secondary N) is 2. The van der Waals surface area contributed by atoms with E-state index >= 15 is 0 Å². The molecule has 0 radical (unpaired) electrons. The lowest BCUT2D eigenvalue weighted by Crippen LogP contribution is -2.40. The lowest BCUT2D eigenvalue weighted by molar-refractivity contribution is -0.141. The van der Waals surface area contributed by atoms with E-state index in [4.69, 9.17) is 14.6 Å². The van der Waals surface area contributed by atoms with Gasteiger partial charge in [0.05, 0.1) is 5.92 Å². The summed E-state index contributed by atoms with van der Waals surface area (Å²) in [6, 6.07) is 15.9. The van der Waals surface area contributed by atoms with Gasteiger partial charge in [0.15, 0.2) is 0 Å². The zero-order valence-electron chi connectivity index (χ0n) is 19.0. The zero-order valence-corrected chi connectivity index (χ0v) is 19.0. The molecule has 2 amide bonds. The number of carboxylic acids is 1. The lowest BCUT2D eigenvalue weighted by Gasteiger charge is -2.17. The molecule has 186 valence electrons. The van der Waals surface area contributed by atoms with Crippen molar-refractivity contribution in [3.8, 4) is 11.1 Å². The summed E-state index contributed by atoms with van der Waals surface area (Å²) in [6.45, 7) is -0.267. The van der Waals surface area contributed by atoms with Gasteiger partial charge in [0.2, 0.25) is 5.91 Å². The van der Waals surface area contributed by atoms with Gasteiger partial charge in [-0.15, -0.1) is 0 Å². The van der Waals surface area contributed by atoms with Crippen molar-refractivity contribution >= 4 is 18.0 Å². The summed E-state index contributed by atoms with van der Waals surface area (Å²) in [7, 11) is 1.28. The fourth-order valence-electron chi connectivity index (χ4n) is 4.62. The van der Waals surface area contributed by atoms with Crippen LogP contribution in [0.3, 0.4) is 0 Å². The van der Waals surface area contributed by atoms with E-state index in [-0.39, 0.29) is 25.5 Å². The number of fused-ring (bicyclic) bond motifs is 3. The fourth-order valence-corrected chi connectivity index (χ4v) is 4.62. The number of rotatable bonds is 10. The van der Waals surface area contributed by atoms with E-state index in [9.17, 15) is 23.2 Å². The molecule has 10 heteroatoms. The second-order valence-corrected chi connectivity index (χ2v) is 8.61. The molecular formula is C25H26F2N2O6. The van der Waals surface area contributed by atoms with Gasteiger partial charge in [0.25, 0.3) is 5.92 Å². The molecule has 0 aromatic heterocycles. The summed E-state index contributed by atoms with van der Waals surface area (Å²) in [4.78, 5) is 35.3. The first-order chi connectivity index (χ1) is 16.8.